The van der Waals surface area contributed by atoms with Crippen molar-refractivity contribution in [1.82, 2.24) is 5.32 Å². The zero-order chi connectivity index (χ0) is 23.8. The van der Waals surface area contributed by atoms with Gasteiger partial charge in [-0.05, 0) is 40.8 Å². The lowest BCUT2D eigenvalue weighted by atomic mass is 9.87. The van der Waals surface area contributed by atoms with E-state index in [4.69, 9.17) is 4.74 Å². The minimum absolute atomic E-state index is 0.322. The fourth-order valence-electron chi connectivity index (χ4n) is 4.85. The Bertz CT molecular complexity index is 1430. The predicted molar refractivity (Wildman–Crippen MR) is 132 cm³/mol. The topological polar surface area (TPSA) is 75.7 Å². The summed E-state index contributed by atoms with van der Waals surface area (Å²) in [7, 11) is 1.31. The van der Waals surface area contributed by atoms with Crippen LogP contribution in [0.1, 0.15) is 22.8 Å². The van der Waals surface area contributed by atoms with Gasteiger partial charge in [-0.1, -0.05) is 66.7 Å². The number of methoxy groups -OCH3 is 1. The van der Waals surface area contributed by atoms with E-state index in [0.29, 0.717) is 17.7 Å². The molecule has 5 rings (SSSR count). The second kappa shape index (κ2) is 8.63. The minimum atomic E-state index is -0.864. The largest absolute Gasteiger partial charge is 0.467 e. The van der Waals surface area contributed by atoms with E-state index in [9.17, 15) is 14.4 Å². The minimum Gasteiger partial charge on any atom is -0.467 e. The van der Waals surface area contributed by atoms with Crippen LogP contribution >= 0.6 is 0 Å². The van der Waals surface area contributed by atoms with Gasteiger partial charge in [-0.3, -0.25) is 14.5 Å². The van der Waals surface area contributed by atoms with E-state index in [1.807, 2.05) is 48.5 Å². The van der Waals surface area contributed by atoms with Crippen molar-refractivity contribution in [2.75, 3.05) is 12.0 Å². The monoisotopic (exact) mass is 452 g/mol. The van der Waals surface area contributed by atoms with Gasteiger partial charge in [-0.25, -0.2) is 4.79 Å². The Hall–Kier alpha value is -4.19. The first-order chi connectivity index (χ1) is 16.5. The van der Waals surface area contributed by atoms with Crippen LogP contribution in [-0.2, 0) is 20.7 Å². The molecule has 2 amide bonds. The standard InChI is InChI=1S/C28H24N2O4/c1-17(28(33)34-2)30-25-22-15-9-8-13-20(22)19-12-6-7-14-21(19)23(25)16-24(27(30)32)29-26(31)18-10-4-3-5-11-18/h3-15,17,24H,16H2,1-2H3,(H,29,31)/t17-,24?/m0/s1. The van der Waals surface area contributed by atoms with Crippen LogP contribution < -0.4 is 10.2 Å². The molecule has 0 saturated heterocycles. The number of nitrogens with zero attached hydrogens (tertiary/aromatic N) is 1. The summed E-state index contributed by atoms with van der Waals surface area (Å²) in [6, 6.07) is 23.0. The molecule has 6 heteroatoms. The van der Waals surface area contributed by atoms with Crippen LogP contribution in [0.2, 0.25) is 0 Å². The van der Waals surface area contributed by atoms with E-state index in [0.717, 1.165) is 27.1 Å². The quantitative estimate of drug-likeness (QED) is 0.371. The third kappa shape index (κ3) is 3.48. The lowest BCUT2D eigenvalue weighted by molar-refractivity contribution is -0.143. The molecule has 4 aromatic rings. The smallest absolute Gasteiger partial charge is 0.328 e. The molecule has 1 unspecified atom stereocenters. The fraction of sp³-hybridized carbons (Fsp3) is 0.179. The van der Waals surface area contributed by atoms with Crippen molar-refractivity contribution in [3.63, 3.8) is 0 Å². The van der Waals surface area contributed by atoms with Gasteiger partial charge in [0.05, 0.1) is 12.8 Å². The molecule has 0 bridgehead atoms. The Morgan fingerprint density at radius 3 is 2.09 bits per heavy atom. The van der Waals surface area contributed by atoms with Gasteiger partial charge in [-0.15, -0.1) is 0 Å². The zero-order valence-corrected chi connectivity index (χ0v) is 18.9. The van der Waals surface area contributed by atoms with Crippen LogP contribution in [0, 0.1) is 0 Å². The van der Waals surface area contributed by atoms with Gasteiger partial charge >= 0.3 is 5.97 Å². The summed E-state index contributed by atoms with van der Waals surface area (Å²) >= 11 is 0. The van der Waals surface area contributed by atoms with Crippen LogP contribution in [0.5, 0.6) is 0 Å². The highest BCUT2D eigenvalue weighted by Gasteiger charge is 2.40. The number of carbonyl (C=O) groups is 3. The van der Waals surface area contributed by atoms with E-state index < -0.39 is 18.1 Å². The molecule has 0 saturated carbocycles. The van der Waals surface area contributed by atoms with Crippen LogP contribution in [0.15, 0.2) is 78.9 Å². The van der Waals surface area contributed by atoms with Gasteiger partial charge in [0, 0.05) is 17.4 Å². The average Bonchev–Trinajstić information content (AvgIpc) is 2.89. The molecule has 1 heterocycles. The number of rotatable bonds is 4. The van der Waals surface area contributed by atoms with Crippen LogP contribution in [0.3, 0.4) is 0 Å². The van der Waals surface area contributed by atoms with Gasteiger partial charge in [0.25, 0.3) is 11.8 Å². The lowest BCUT2D eigenvalue weighted by Crippen LogP contribution is -2.57. The number of hydrogen-bond acceptors (Lipinski definition) is 4. The third-order valence-corrected chi connectivity index (χ3v) is 6.47. The Balaban J connectivity index is 1.71. The number of benzene rings is 4. The molecule has 2 atom stereocenters. The van der Waals surface area contributed by atoms with E-state index >= 15 is 0 Å². The second-order valence-corrected chi connectivity index (χ2v) is 8.42. The average molecular weight is 453 g/mol. The summed E-state index contributed by atoms with van der Waals surface area (Å²) in [6.45, 7) is 1.65. The van der Waals surface area contributed by atoms with Crippen molar-refractivity contribution in [3.8, 4) is 0 Å². The van der Waals surface area contributed by atoms with E-state index in [1.165, 1.54) is 12.0 Å². The first-order valence-electron chi connectivity index (χ1n) is 11.2. The van der Waals surface area contributed by atoms with Crippen molar-refractivity contribution in [3.05, 3.63) is 90.0 Å². The molecular formula is C28H24N2O4. The first-order valence-corrected chi connectivity index (χ1v) is 11.2. The summed E-state index contributed by atoms with van der Waals surface area (Å²) in [4.78, 5) is 40.8. The molecular weight excluding hydrogens is 428 g/mol. The number of nitrogens with one attached hydrogen (secondary N) is 1. The fourth-order valence-corrected chi connectivity index (χ4v) is 4.85. The number of amides is 2. The molecule has 4 aromatic carbocycles. The number of ether oxygens (including phenoxy) is 1. The maximum absolute atomic E-state index is 13.8. The van der Waals surface area contributed by atoms with Crippen LogP contribution in [-0.4, -0.2) is 37.0 Å². The summed E-state index contributed by atoms with van der Waals surface area (Å²) in [6.07, 6.45) is 0.322. The second-order valence-electron chi connectivity index (χ2n) is 8.42. The normalized spacial score (nSPS) is 16.2. The van der Waals surface area contributed by atoms with Crippen molar-refractivity contribution < 1.29 is 19.1 Å². The molecule has 0 fully saturated rings. The summed E-state index contributed by atoms with van der Waals surface area (Å²) in [5.41, 5.74) is 2.09. The predicted octanol–water partition coefficient (Wildman–Crippen LogP) is 4.24. The van der Waals surface area contributed by atoms with Gasteiger partial charge in [0.2, 0.25) is 0 Å². The summed E-state index contributed by atoms with van der Waals surface area (Å²) in [5.74, 6) is -1.19. The van der Waals surface area contributed by atoms with E-state index in [2.05, 4.69) is 11.4 Å². The van der Waals surface area contributed by atoms with Crippen molar-refractivity contribution >= 4 is 45.0 Å². The third-order valence-electron chi connectivity index (χ3n) is 6.47. The van der Waals surface area contributed by atoms with E-state index in [-0.39, 0.29) is 11.8 Å². The van der Waals surface area contributed by atoms with Crippen molar-refractivity contribution in [2.45, 2.75) is 25.4 Å². The highest BCUT2D eigenvalue weighted by molar-refractivity contribution is 6.21. The molecule has 0 aromatic heterocycles. The Kier molecular flexibility index (Phi) is 5.49. The molecule has 34 heavy (non-hydrogen) atoms. The van der Waals surface area contributed by atoms with Crippen LogP contribution in [0.25, 0.3) is 21.5 Å². The van der Waals surface area contributed by atoms with Gasteiger partial charge in [0.15, 0.2) is 0 Å². The molecule has 1 aliphatic rings. The molecule has 0 aliphatic carbocycles. The number of carbonyl (C=O) groups excluding carboxylic acids is 3. The number of fused-ring (bicyclic) bond motifs is 6. The summed E-state index contributed by atoms with van der Waals surface area (Å²) < 4.78 is 4.99. The van der Waals surface area contributed by atoms with Crippen LogP contribution in [0.4, 0.5) is 5.69 Å². The molecule has 0 radical (unpaired) electrons. The molecule has 1 aliphatic heterocycles. The SMILES string of the molecule is COC(=O)[C@H](C)N1C(=O)C(NC(=O)c2ccccc2)Cc2c1c1ccccc1c1ccccc21. The molecule has 0 spiro atoms. The number of hydrogen-bond donors (Lipinski definition) is 1. The Labute approximate surface area is 197 Å². The highest BCUT2D eigenvalue weighted by atomic mass is 16.5. The molecule has 170 valence electrons. The summed E-state index contributed by atoms with van der Waals surface area (Å²) in [5, 5.41) is 6.83. The van der Waals surface area contributed by atoms with Gasteiger partial charge in [0.1, 0.15) is 12.1 Å². The highest BCUT2D eigenvalue weighted by Crippen LogP contribution is 2.42. The Morgan fingerprint density at radius 2 is 1.44 bits per heavy atom. The Morgan fingerprint density at radius 1 is 0.882 bits per heavy atom. The zero-order valence-electron chi connectivity index (χ0n) is 18.9. The number of esters is 1. The molecule has 1 N–H and O–H groups in total. The molecule has 6 nitrogen and oxygen atoms in total. The maximum Gasteiger partial charge on any atom is 0.328 e. The maximum atomic E-state index is 13.8. The van der Waals surface area contributed by atoms with Gasteiger partial charge in [-0.2, -0.15) is 0 Å². The first kappa shape index (κ1) is 21.6. The van der Waals surface area contributed by atoms with E-state index in [1.54, 1.807) is 31.2 Å². The van der Waals surface area contributed by atoms with Crippen molar-refractivity contribution in [2.24, 2.45) is 0 Å². The van der Waals surface area contributed by atoms with Gasteiger partial charge < -0.3 is 10.1 Å². The van der Waals surface area contributed by atoms with Crippen molar-refractivity contribution in [1.29, 1.82) is 0 Å². The lowest BCUT2D eigenvalue weighted by Gasteiger charge is -2.38. The number of anilines is 1.